The maximum atomic E-state index is 12.7. The molecule has 9 nitrogen and oxygen atoms in total. The molecule has 0 unspecified atom stereocenters. The molecule has 0 aliphatic carbocycles. The van der Waals surface area contributed by atoms with Crippen molar-refractivity contribution in [2.45, 2.75) is 6.92 Å². The van der Waals surface area contributed by atoms with E-state index in [1.54, 1.807) is 45.4 Å². The summed E-state index contributed by atoms with van der Waals surface area (Å²) in [6, 6.07) is 20.5. The van der Waals surface area contributed by atoms with Gasteiger partial charge in [-0.25, -0.2) is 4.98 Å². The Labute approximate surface area is 211 Å². The maximum Gasteiger partial charge on any atom is 0.224 e. The summed E-state index contributed by atoms with van der Waals surface area (Å²) in [4.78, 5) is 21.4. The third-order valence-corrected chi connectivity index (χ3v) is 5.53. The zero-order chi connectivity index (χ0) is 25.9. The predicted molar refractivity (Wildman–Crippen MR) is 139 cm³/mol. The Hall–Kier alpha value is -5.05. The third-order valence-electron chi connectivity index (χ3n) is 5.53. The van der Waals surface area contributed by atoms with Gasteiger partial charge in [0.25, 0.3) is 0 Å². The number of anilines is 2. The van der Waals surface area contributed by atoms with Gasteiger partial charge >= 0.3 is 0 Å². The molecule has 0 fully saturated rings. The fourth-order valence-corrected chi connectivity index (χ4v) is 3.89. The lowest BCUT2D eigenvalue weighted by Crippen LogP contribution is -2.02. The summed E-state index contributed by atoms with van der Waals surface area (Å²) < 4.78 is 22.5. The molecule has 0 aliphatic rings. The van der Waals surface area contributed by atoms with Crippen LogP contribution < -0.4 is 25.0 Å². The van der Waals surface area contributed by atoms with E-state index in [4.69, 9.17) is 18.6 Å². The van der Waals surface area contributed by atoms with Crippen LogP contribution in [0.5, 0.6) is 28.9 Å². The van der Waals surface area contributed by atoms with Crippen LogP contribution in [0.1, 0.15) is 5.82 Å². The molecule has 0 amide bonds. The number of phenolic OH excluding ortho intramolecular Hbond substituents is 1. The molecule has 0 atom stereocenters. The zero-order valence-electron chi connectivity index (χ0n) is 20.3. The number of aryl methyl sites for hydroxylation is 1. The van der Waals surface area contributed by atoms with Gasteiger partial charge in [0.1, 0.15) is 39.9 Å². The van der Waals surface area contributed by atoms with Gasteiger partial charge in [-0.1, -0.05) is 30.3 Å². The minimum absolute atomic E-state index is 0.0710. The maximum absolute atomic E-state index is 12.7. The lowest BCUT2D eigenvalue weighted by atomic mass is 10.1. The van der Waals surface area contributed by atoms with Crippen LogP contribution in [0.3, 0.4) is 0 Å². The normalized spacial score (nSPS) is 10.8. The van der Waals surface area contributed by atoms with Gasteiger partial charge in [0.2, 0.25) is 5.88 Å². The highest BCUT2D eigenvalue weighted by Gasteiger charge is 2.14. The van der Waals surface area contributed by atoms with E-state index < -0.39 is 0 Å². The monoisotopic (exact) mass is 497 g/mol. The number of rotatable bonds is 7. The summed E-state index contributed by atoms with van der Waals surface area (Å²) in [6.45, 7) is 1.73. The number of aromatic nitrogens is 2. The smallest absolute Gasteiger partial charge is 0.224 e. The van der Waals surface area contributed by atoms with Crippen LogP contribution in [0.15, 0.2) is 82.0 Å². The molecule has 5 aromatic rings. The molecule has 9 heteroatoms. The number of nitrogens with one attached hydrogen (secondary N) is 1. The average Bonchev–Trinajstić information content (AvgIpc) is 2.88. The van der Waals surface area contributed by atoms with Crippen molar-refractivity contribution in [3.8, 4) is 40.2 Å². The van der Waals surface area contributed by atoms with Gasteiger partial charge in [-0.3, -0.25) is 4.79 Å². The van der Waals surface area contributed by atoms with Crippen LogP contribution in [0.2, 0.25) is 0 Å². The molecule has 0 aliphatic heterocycles. The number of hydrogen-bond acceptors (Lipinski definition) is 9. The summed E-state index contributed by atoms with van der Waals surface area (Å²) in [5.41, 5.74) is 1.30. The number of benzene rings is 3. The molecule has 0 saturated carbocycles. The quantitative estimate of drug-likeness (QED) is 0.287. The number of methoxy groups -OCH3 is 2. The molecule has 3 aromatic carbocycles. The van der Waals surface area contributed by atoms with Crippen LogP contribution in [-0.2, 0) is 0 Å². The Balaban J connectivity index is 1.47. The van der Waals surface area contributed by atoms with Crippen LogP contribution in [0.4, 0.5) is 11.5 Å². The van der Waals surface area contributed by atoms with E-state index in [0.29, 0.717) is 28.9 Å². The van der Waals surface area contributed by atoms with E-state index in [-0.39, 0.29) is 33.8 Å². The number of aromatic hydroxyl groups is 1. The molecule has 0 bridgehead atoms. The van der Waals surface area contributed by atoms with Gasteiger partial charge in [-0.15, -0.1) is 0 Å². The van der Waals surface area contributed by atoms with E-state index in [0.717, 1.165) is 11.3 Å². The second-order valence-corrected chi connectivity index (χ2v) is 8.09. The van der Waals surface area contributed by atoms with Crippen molar-refractivity contribution in [2.24, 2.45) is 0 Å². The molecule has 0 saturated heterocycles. The number of hydrogen-bond donors (Lipinski definition) is 2. The number of nitrogens with zero attached hydrogens (tertiary/aromatic N) is 2. The first-order chi connectivity index (χ1) is 17.9. The SMILES string of the molecule is COc1ccc(Nc2cc(Oc3cc(O)c4c(=O)cc(-c5ccccc5)oc4c3)nc(C)n2)cc1OC. The Morgan fingerprint density at radius 1 is 0.892 bits per heavy atom. The lowest BCUT2D eigenvalue weighted by Gasteiger charge is -2.12. The summed E-state index contributed by atoms with van der Waals surface area (Å²) in [5.74, 6) is 2.72. The lowest BCUT2D eigenvalue weighted by molar-refractivity contribution is 0.355. The van der Waals surface area contributed by atoms with Gasteiger partial charge < -0.3 is 29.1 Å². The van der Waals surface area contributed by atoms with Gasteiger partial charge in [0, 0.05) is 41.6 Å². The largest absolute Gasteiger partial charge is 0.507 e. The van der Waals surface area contributed by atoms with Crippen LogP contribution in [0.25, 0.3) is 22.3 Å². The highest BCUT2D eigenvalue weighted by atomic mass is 16.5. The first-order valence-electron chi connectivity index (χ1n) is 11.3. The molecule has 37 heavy (non-hydrogen) atoms. The Morgan fingerprint density at radius 2 is 1.68 bits per heavy atom. The van der Waals surface area contributed by atoms with Crippen molar-refractivity contribution in [2.75, 3.05) is 19.5 Å². The van der Waals surface area contributed by atoms with E-state index in [1.165, 1.54) is 12.1 Å². The molecule has 186 valence electrons. The summed E-state index contributed by atoms with van der Waals surface area (Å²) in [5, 5.41) is 13.8. The Kier molecular flexibility index (Phi) is 6.34. The standard InChI is InChI=1S/C28H23N3O6/c1-16-29-26(31-18-9-10-22(34-2)24(11-18)35-3)15-27(30-16)36-19-12-20(32)28-21(33)14-23(37-25(28)13-19)17-7-5-4-6-8-17/h4-15,32H,1-3H3,(H,29,30,31). The number of ether oxygens (including phenoxy) is 3. The van der Waals surface area contributed by atoms with Crippen molar-refractivity contribution in [3.05, 3.63) is 88.8 Å². The van der Waals surface area contributed by atoms with Gasteiger partial charge in [0.15, 0.2) is 16.9 Å². The average molecular weight is 498 g/mol. The highest BCUT2D eigenvalue weighted by molar-refractivity contribution is 5.86. The Morgan fingerprint density at radius 3 is 2.43 bits per heavy atom. The molecule has 2 heterocycles. The minimum atomic E-state index is -0.358. The van der Waals surface area contributed by atoms with E-state index in [9.17, 15) is 9.90 Å². The highest BCUT2D eigenvalue weighted by Crippen LogP contribution is 2.34. The molecular weight excluding hydrogens is 474 g/mol. The van der Waals surface area contributed by atoms with Crippen molar-refractivity contribution in [1.82, 2.24) is 9.97 Å². The van der Waals surface area contributed by atoms with Gasteiger partial charge in [-0.05, 0) is 19.1 Å². The van der Waals surface area contributed by atoms with Crippen molar-refractivity contribution >= 4 is 22.5 Å². The van der Waals surface area contributed by atoms with Crippen LogP contribution >= 0.6 is 0 Å². The molecule has 0 radical (unpaired) electrons. The molecule has 0 spiro atoms. The third kappa shape index (κ3) is 5.01. The van der Waals surface area contributed by atoms with Crippen molar-refractivity contribution in [3.63, 3.8) is 0 Å². The fourth-order valence-electron chi connectivity index (χ4n) is 3.89. The number of fused-ring (bicyclic) bond motifs is 1. The second-order valence-electron chi connectivity index (χ2n) is 8.09. The van der Waals surface area contributed by atoms with Crippen LogP contribution in [-0.4, -0.2) is 29.3 Å². The first-order valence-corrected chi connectivity index (χ1v) is 11.3. The molecule has 5 rings (SSSR count). The van der Waals surface area contributed by atoms with Crippen molar-refractivity contribution in [1.29, 1.82) is 0 Å². The van der Waals surface area contributed by atoms with Crippen LogP contribution in [0, 0.1) is 6.92 Å². The van der Waals surface area contributed by atoms with E-state index >= 15 is 0 Å². The van der Waals surface area contributed by atoms with E-state index in [1.807, 2.05) is 36.4 Å². The van der Waals surface area contributed by atoms with Gasteiger partial charge in [0.05, 0.1) is 14.2 Å². The molecule has 2 aromatic heterocycles. The summed E-state index contributed by atoms with van der Waals surface area (Å²) in [7, 11) is 3.13. The van der Waals surface area contributed by atoms with E-state index in [2.05, 4.69) is 15.3 Å². The topological polar surface area (TPSA) is 116 Å². The first kappa shape index (κ1) is 23.7. The summed E-state index contributed by atoms with van der Waals surface area (Å²) in [6.07, 6.45) is 0. The fraction of sp³-hybridized carbons (Fsp3) is 0.107. The van der Waals surface area contributed by atoms with Crippen molar-refractivity contribution < 1.29 is 23.7 Å². The van der Waals surface area contributed by atoms with Gasteiger partial charge in [-0.2, -0.15) is 4.98 Å². The predicted octanol–water partition coefficient (Wildman–Crippen LogP) is 5.82. The molecule has 2 N–H and O–H groups in total. The summed E-state index contributed by atoms with van der Waals surface area (Å²) >= 11 is 0. The number of phenols is 1. The zero-order valence-corrected chi connectivity index (χ0v) is 20.3. The minimum Gasteiger partial charge on any atom is -0.507 e. The Bertz CT molecular complexity index is 1650. The molecular formula is C28H23N3O6. The second kappa shape index (κ2) is 9.90.